The highest BCUT2D eigenvalue weighted by Gasteiger charge is 2.16. The monoisotopic (exact) mass is 159 g/mol. The molecule has 0 aromatic carbocycles. The van der Waals surface area contributed by atoms with E-state index >= 15 is 0 Å². The zero-order valence-electron chi connectivity index (χ0n) is 9.12. The van der Waals surface area contributed by atoms with E-state index in [9.17, 15) is 0 Å². The topological polar surface area (TPSA) is 12.0 Å². The molecule has 1 nitrogen and oxygen atoms in total. The first kappa shape index (κ1) is 13.5. The quantitative estimate of drug-likeness (QED) is 0.664. The van der Waals surface area contributed by atoms with Crippen molar-refractivity contribution in [1.29, 1.82) is 0 Å². The molecule has 0 rings (SSSR count). The first-order valence-corrected chi connectivity index (χ1v) is 4.87. The lowest BCUT2D eigenvalue weighted by molar-refractivity contribution is 0.342. The maximum absolute atomic E-state index is 3.33. The molecule has 0 aliphatic rings. The average Bonchev–Trinajstić information content (AvgIpc) is 2.08. The molecule has 1 atom stereocenters. The Kier molecular flexibility index (Phi) is 9.92. The summed E-state index contributed by atoms with van der Waals surface area (Å²) < 4.78 is 0. The van der Waals surface area contributed by atoms with Crippen molar-refractivity contribution in [2.24, 2.45) is 0 Å². The molecule has 70 valence electrons. The summed E-state index contributed by atoms with van der Waals surface area (Å²) in [5, 5.41) is 3.33. The van der Waals surface area contributed by atoms with Crippen LogP contribution in [-0.4, -0.2) is 12.6 Å². The van der Waals surface area contributed by atoms with Crippen molar-refractivity contribution in [3.05, 3.63) is 0 Å². The lowest BCUT2D eigenvalue weighted by Crippen LogP contribution is -2.38. The zero-order valence-corrected chi connectivity index (χ0v) is 9.12. The van der Waals surface area contributed by atoms with E-state index in [1.54, 1.807) is 0 Å². The van der Waals surface area contributed by atoms with Crippen LogP contribution in [0.1, 0.15) is 53.9 Å². The molecule has 0 saturated heterocycles. The van der Waals surface area contributed by atoms with Crippen LogP contribution in [0.25, 0.3) is 0 Å². The fourth-order valence-electron chi connectivity index (χ4n) is 1.03. The van der Waals surface area contributed by atoms with Gasteiger partial charge in [-0.05, 0) is 26.8 Å². The molecule has 0 aliphatic carbocycles. The van der Waals surface area contributed by atoms with Gasteiger partial charge in [0.25, 0.3) is 0 Å². The molecule has 1 heteroatoms. The third-order valence-corrected chi connectivity index (χ3v) is 2.19. The van der Waals surface area contributed by atoms with Gasteiger partial charge in [-0.1, -0.05) is 34.1 Å². The van der Waals surface area contributed by atoms with Crippen molar-refractivity contribution in [3.63, 3.8) is 0 Å². The second-order valence-electron chi connectivity index (χ2n) is 2.91. The van der Waals surface area contributed by atoms with E-state index < -0.39 is 0 Å². The molecule has 0 heterocycles. The second-order valence-corrected chi connectivity index (χ2v) is 2.91. The Morgan fingerprint density at radius 3 is 1.73 bits per heavy atom. The van der Waals surface area contributed by atoms with Gasteiger partial charge in [-0.25, -0.2) is 0 Å². The molecule has 11 heavy (non-hydrogen) atoms. The van der Waals surface area contributed by atoms with Gasteiger partial charge in [0, 0.05) is 5.54 Å². The van der Waals surface area contributed by atoms with E-state index in [4.69, 9.17) is 0 Å². The van der Waals surface area contributed by atoms with Crippen LogP contribution >= 0.6 is 0 Å². The van der Waals surface area contributed by atoms with Crippen LogP contribution in [0.3, 0.4) is 0 Å². The summed E-state index contributed by atoms with van der Waals surface area (Å²) in [6, 6.07) is 0. The minimum Gasteiger partial charge on any atom is -0.315 e. The number of nitrogens with one attached hydrogen (secondary N) is 1. The van der Waals surface area contributed by atoms with Crippen molar-refractivity contribution in [3.8, 4) is 0 Å². The minimum atomic E-state index is 0.384. The van der Waals surface area contributed by atoms with Crippen LogP contribution in [0.4, 0.5) is 0 Å². The van der Waals surface area contributed by atoms with E-state index in [2.05, 4.69) is 26.1 Å². The Hall–Kier alpha value is -0.0400. The van der Waals surface area contributed by atoms with Gasteiger partial charge in [0.05, 0.1) is 0 Å². The van der Waals surface area contributed by atoms with Crippen molar-refractivity contribution < 1.29 is 0 Å². The Labute approximate surface area is 72.6 Å². The molecule has 0 spiro atoms. The molecular formula is C10H25N. The first-order chi connectivity index (χ1) is 5.18. The lowest BCUT2D eigenvalue weighted by atomic mass is 9.94. The molecule has 0 aliphatic heterocycles. The Bertz CT molecular complexity index is 65.3. The number of rotatable bonds is 4. The van der Waals surface area contributed by atoms with Crippen LogP contribution in [0, 0.1) is 0 Å². The van der Waals surface area contributed by atoms with Crippen molar-refractivity contribution in [2.45, 2.75) is 59.4 Å². The van der Waals surface area contributed by atoms with Gasteiger partial charge in [-0.15, -0.1) is 0 Å². The van der Waals surface area contributed by atoms with Crippen LogP contribution in [0.5, 0.6) is 0 Å². The van der Waals surface area contributed by atoms with Gasteiger partial charge in [0.15, 0.2) is 0 Å². The summed E-state index contributed by atoms with van der Waals surface area (Å²) in [6.07, 6.45) is 3.77. The third-order valence-electron chi connectivity index (χ3n) is 2.19. The Morgan fingerprint density at radius 2 is 1.64 bits per heavy atom. The number of hydrogen-bond acceptors (Lipinski definition) is 1. The molecule has 0 bridgehead atoms. The largest absolute Gasteiger partial charge is 0.315 e. The minimum absolute atomic E-state index is 0.384. The molecule has 0 radical (unpaired) electrons. The van der Waals surface area contributed by atoms with E-state index in [-0.39, 0.29) is 0 Å². The summed E-state index contributed by atoms with van der Waals surface area (Å²) in [7, 11) is 2.04. The highest BCUT2D eigenvalue weighted by atomic mass is 14.9. The summed E-state index contributed by atoms with van der Waals surface area (Å²) in [5.41, 5.74) is 0.384. The van der Waals surface area contributed by atoms with Crippen molar-refractivity contribution in [1.82, 2.24) is 5.32 Å². The van der Waals surface area contributed by atoms with Gasteiger partial charge in [-0.2, -0.15) is 0 Å². The first-order valence-electron chi connectivity index (χ1n) is 4.87. The molecule has 1 unspecified atom stereocenters. The predicted octanol–water partition coefficient (Wildman–Crippen LogP) is 3.20. The van der Waals surface area contributed by atoms with E-state index in [1.165, 1.54) is 19.3 Å². The molecule has 0 amide bonds. The highest BCUT2D eigenvalue weighted by molar-refractivity contribution is 4.78. The smallest absolute Gasteiger partial charge is 0.0147 e. The van der Waals surface area contributed by atoms with Crippen LogP contribution in [0.2, 0.25) is 0 Å². The maximum Gasteiger partial charge on any atom is 0.0147 e. The lowest BCUT2D eigenvalue weighted by Gasteiger charge is -2.26. The summed E-state index contributed by atoms with van der Waals surface area (Å²) in [5.74, 6) is 0. The summed E-state index contributed by atoms with van der Waals surface area (Å²) in [6.45, 7) is 10.7. The van der Waals surface area contributed by atoms with Crippen molar-refractivity contribution in [2.75, 3.05) is 7.05 Å². The third kappa shape index (κ3) is 6.36. The van der Waals surface area contributed by atoms with Crippen LogP contribution < -0.4 is 5.32 Å². The standard InChI is InChI=1S/C8H19N.C2H6/c1-5-7-8(3,6-2)9-4;1-2/h9H,5-7H2,1-4H3;1-2H3. The van der Waals surface area contributed by atoms with Crippen LogP contribution in [-0.2, 0) is 0 Å². The molecule has 0 fully saturated rings. The van der Waals surface area contributed by atoms with E-state index in [0.717, 1.165) is 0 Å². The van der Waals surface area contributed by atoms with Crippen molar-refractivity contribution >= 4 is 0 Å². The van der Waals surface area contributed by atoms with Gasteiger partial charge < -0.3 is 5.32 Å². The van der Waals surface area contributed by atoms with Gasteiger partial charge in [0.1, 0.15) is 0 Å². The van der Waals surface area contributed by atoms with Gasteiger partial charge in [-0.3, -0.25) is 0 Å². The van der Waals surface area contributed by atoms with E-state index in [0.29, 0.717) is 5.54 Å². The second kappa shape index (κ2) is 8.06. The fraction of sp³-hybridized carbons (Fsp3) is 1.00. The van der Waals surface area contributed by atoms with Gasteiger partial charge in [0.2, 0.25) is 0 Å². The number of hydrogen-bond donors (Lipinski definition) is 1. The predicted molar refractivity (Wildman–Crippen MR) is 54.0 cm³/mol. The fourth-order valence-corrected chi connectivity index (χ4v) is 1.03. The van der Waals surface area contributed by atoms with E-state index in [1.807, 2.05) is 20.9 Å². The molecule has 0 aromatic heterocycles. The Balaban J connectivity index is 0. The molecule has 0 saturated carbocycles. The van der Waals surface area contributed by atoms with Gasteiger partial charge >= 0.3 is 0 Å². The van der Waals surface area contributed by atoms with Crippen LogP contribution in [0.15, 0.2) is 0 Å². The molecular weight excluding hydrogens is 134 g/mol. The highest BCUT2D eigenvalue weighted by Crippen LogP contribution is 2.14. The normalized spacial score (nSPS) is 14.7. The maximum atomic E-state index is 3.33. The average molecular weight is 159 g/mol. The SMILES string of the molecule is CC.CCCC(C)(CC)NC. The Morgan fingerprint density at radius 1 is 1.18 bits per heavy atom. The molecule has 0 aromatic rings. The summed E-state index contributed by atoms with van der Waals surface area (Å²) >= 11 is 0. The zero-order chi connectivity index (χ0) is 9.33. The summed E-state index contributed by atoms with van der Waals surface area (Å²) in [4.78, 5) is 0. The molecule has 1 N–H and O–H groups in total.